The fourth-order valence-electron chi connectivity index (χ4n) is 2.62. The van der Waals surface area contributed by atoms with E-state index in [1.807, 2.05) is 0 Å². The Morgan fingerprint density at radius 1 is 1.38 bits per heavy atom. The molecule has 1 amide bonds. The first-order valence-corrected chi connectivity index (χ1v) is 7.44. The summed E-state index contributed by atoms with van der Waals surface area (Å²) >= 11 is 0. The third kappa shape index (κ3) is 4.72. The number of nitro groups is 1. The molecule has 0 spiro atoms. The molecule has 0 aliphatic carbocycles. The van der Waals surface area contributed by atoms with Gasteiger partial charge in [0.1, 0.15) is 0 Å². The van der Waals surface area contributed by atoms with Gasteiger partial charge in [0.25, 0.3) is 5.69 Å². The van der Waals surface area contributed by atoms with Crippen molar-refractivity contribution < 1.29 is 19.2 Å². The molecule has 1 saturated heterocycles. The van der Waals surface area contributed by atoms with Crippen molar-refractivity contribution in [3.05, 3.63) is 27.8 Å². The smallest absolute Gasteiger partial charge is 0.276 e. The summed E-state index contributed by atoms with van der Waals surface area (Å²) in [5.41, 5.74) is 0.455. The number of benzene rings is 1. The summed E-state index contributed by atoms with van der Waals surface area (Å²) in [5, 5.41) is 17.2. The van der Waals surface area contributed by atoms with Gasteiger partial charge in [0.15, 0.2) is 11.5 Å². The Morgan fingerprint density at radius 2 is 2.04 bits per heavy atom. The molecule has 9 heteroatoms. The number of nitrogens with zero attached hydrogens (tertiary/aromatic N) is 1. The first kappa shape index (κ1) is 20.0. The van der Waals surface area contributed by atoms with Crippen LogP contribution in [0.1, 0.15) is 12.0 Å². The summed E-state index contributed by atoms with van der Waals surface area (Å²) in [5.74, 6) is 0.706. The standard InChI is InChI=1S/C15H21N3O5.ClH/c1-22-13-7-10(12(18(20)21)8-14(13)23-2)4-6-17-15(19)11-3-5-16-9-11;/h7-8,11,16H,3-6,9H2,1-2H3,(H,17,19);1H. The average molecular weight is 360 g/mol. The molecule has 1 unspecified atom stereocenters. The lowest BCUT2D eigenvalue weighted by atomic mass is 10.1. The van der Waals surface area contributed by atoms with Crippen molar-refractivity contribution in [2.24, 2.45) is 5.92 Å². The van der Waals surface area contributed by atoms with Crippen molar-refractivity contribution in [2.75, 3.05) is 33.9 Å². The van der Waals surface area contributed by atoms with Gasteiger partial charge in [-0.2, -0.15) is 0 Å². The van der Waals surface area contributed by atoms with Crippen LogP contribution in [0.4, 0.5) is 5.69 Å². The van der Waals surface area contributed by atoms with E-state index in [0.717, 1.165) is 13.0 Å². The molecule has 0 radical (unpaired) electrons. The molecule has 0 bridgehead atoms. The van der Waals surface area contributed by atoms with Crippen molar-refractivity contribution >= 4 is 24.0 Å². The summed E-state index contributed by atoms with van der Waals surface area (Å²) in [6, 6.07) is 2.93. The van der Waals surface area contributed by atoms with E-state index in [2.05, 4.69) is 10.6 Å². The summed E-state index contributed by atoms with van der Waals surface area (Å²) in [7, 11) is 2.90. The summed E-state index contributed by atoms with van der Waals surface area (Å²) in [4.78, 5) is 22.7. The Kier molecular flexibility index (Phi) is 7.73. The van der Waals surface area contributed by atoms with Crippen molar-refractivity contribution in [3.63, 3.8) is 0 Å². The van der Waals surface area contributed by atoms with Gasteiger partial charge >= 0.3 is 0 Å². The molecule has 1 atom stereocenters. The zero-order chi connectivity index (χ0) is 16.8. The third-order valence-electron chi connectivity index (χ3n) is 3.91. The van der Waals surface area contributed by atoms with E-state index in [0.29, 0.717) is 36.6 Å². The molecule has 134 valence electrons. The molecule has 8 nitrogen and oxygen atoms in total. The van der Waals surface area contributed by atoms with E-state index in [9.17, 15) is 14.9 Å². The zero-order valence-corrected chi connectivity index (χ0v) is 14.5. The second kappa shape index (κ2) is 9.29. The number of carbonyl (C=O) groups excluding carboxylic acids is 1. The predicted octanol–water partition coefficient (Wildman–Crippen LogP) is 1.30. The Bertz CT molecular complexity index is 591. The van der Waals surface area contributed by atoms with Crippen LogP contribution < -0.4 is 20.1 Å². The number of hydrogen-bond donors (Lipinski definition) is 2. The zero-order valence-electron chi connectivity index (χ0n) is 13.7. The van der Waals surface area contributed by atoms with Gasteiger partial charge < -0.3 is 20.1 Å². The van der Waals surface area contributed by atoms with Crippen LogP contribution in [0.25, 0.3) is 0 Å². The number of carbonyl (C=O) groups is 1. The normalized spacial score (nSPS) is 16.2. The lowest BCUT2D eigenvalue weighted by Gasteiger charge is -2.12. The van der Waals surface area contributed by atoms with E-state index in [1.54, 1.807) is 6.07 Å². The van der Waals surface area contributed by atoms with E-state index in [-0.39, 0.29) is 29.9 Å². The molecule has 1 fully saturated rings. The maximum Gasteiger partial charge on any atom is 0.276 e. The largest absolute Gasteiger partial charge is 0.493 e. The number of rotatable bonds is 7. The minimum absolute atomic E-state index is 0. The van der Waals surface area contributed by atoms with Gasteiger partial charge in [0.2, 0.25) is 5.91 Å². The molecule has 1 aliphatic heterocycles. The van der Waals surface area contributed by atoms with Crippen molar-refractivity contribution in [2.45, 2.75) is 12.8 Å². The van der Waals surface area contributed by atoms with Crippen LogP contribution in [0.3, 0.4) is 0 Å². The quantitative estimate of drug-likeness (QED) is 0.562. The number of ether oxygens (including phenoxy) is 2. The van der Waals surface area contributed by atoms with Gasteiger partial charge in [-0.05, 0) is 25.5 Å². The summed E-state index contributed by atoms with van der Waals surface area (Å²) in [6.07, 6.45) is 1.17. The number of amides is 1. The van der Waals surface area contributed by atoms with Crippen LogP contribution in [0.5, 0.6) is 11.5 Å². The first-order chi connectivity index (χ1) is 11.1. The minimum atomic E-state index is -0.458. The molecule has 0 aromatic heterocycles. The highest BCUT2D eigenvalue weighted by molar-refractivity contribution is 5.85. The Hall–Kier alpha value is -2.06. The Labute approximate surface area is 146 Å². The molecular formula is C15H22ClN3O5. The van der Waals surface area contributed by atoms with E-state index < -0.39 is 4.92 Å². The van der Waals surface area contributed by atoms with E-state index in [1.165, 1.54) is 20.3 Å². The highest BCUT2D eigenvalue weighted by Gasteiger charge is 2.23. The second-order valence-electron chi connectivity index (χ2n) is 5.32. The maximum atomic E-state index is 11.9. The lowest BCUT2D eigenvalue weighted by Crippen LogP contribution is -2.33. The van der Waals surface area contributed by atoms with Crippen molar-refractivity contribution in [3.8, 4) is 11.5 Å². The molecule has 0 saturated carbocycles. The van der Waals surface area contributed by atoms with Gasteiger partial charge in [-0.3, -0.25) is 14.9 Å². The molecule has 2 N–H and O–H groups in total. The second-order valence-corrected chi connectivity index (χ2v) is 5.32. The van der Waals surface area contributed by atoms with Gasteiger partial charge in [-0.25, -0.2) is 0 Å². The van der Waals surface area contributed by atoms with E-state index in [4.69, 9.17) is 9.47 Å². The van der Waals surface area contributed by atoms with Gasteiger partial charge in [0.05, 0.1) is 31.1 Å². The highest BCUT2D eigenvalue weighted by atomic mass is 35.5. The van der Waals surface area contributed by atoms with Crippen LogP contribution in [-0.4, -0.2) is 44.7 Å². The predicted molar refractivity (Wildman–Crippen MR) is 91.1 cm³/mol. The molecule has 1 aliphatic rings. The Balaban J connectivity index is 0.00000288. The summed E-state index contributed by atoms with van der Waals surface area (Å²) in [6.45, 7) is 1.87. The minimum Gasteiger partial charge on any atom is -0.493 e. The molecule has 1 aromatic carbocycles. The van der Waals surface area contributed by atoms with Crippen LogP contribution in [0, 0.1) is 16.0 Å². The fraction of sp³-hybridized carbons (Fsp3) is 0.533. The fourth-order valence-corrected chi connectivity index (χ4v) is 2.62. The van der Waals surface area contributed by atoms with Crippen molar-refractivity contribution in [1.29, 1.82) is 0 Å². The molecule has 1 aromatic rings. The SMILES string of the molecule is COc1cc(CCNC(=O)C2CCNC2)c([N+](=O)[O-])cc1OC.Cl. The average Bonchev–Trinajstić information content (AvgIpc) is 3.08. The lowest BCUT2D eigenvalue weighted by molar-refractivity contribution is -0.385. The number of nitrogens with one attached hydrogen (secondary N) is 2. The van der Waals surface area contributed by atoms with Gasteiger partial charge in [-0.15, -0.1) is 12.4 Å². The molecule has 2 rings (SSSR count). The number of hydrogen-bond acceptors (Lipinski definition) is 6. The van der Waals surface area contributed by atoms with Gasteiger partial charge in [-0.1, -0.05) is 0 Å². The third-order valence-corrected chi connectivity index (χ3v) is 3.91. The highest BCUT2D eigenvalue weighted by Crippen LogP contribution is 2.34. The first-order valence-electron chi connectivity index (χ1n) is 7.44. The topological polar surface area (TPSA) is 103 Å². The van der Waals surface area contributed by atoms with E-state index >= 15 is 0 Å². The Morgan fingerprint density at radius 3 is 2.58 bits per heavy atom. The molecule has 1 heterocycles. The van der Waals surface area contributed by atoms with Crippen LogP contribution in [0.2, 0.25) is 0 Å². The van der Waals surface area contributed by atoms with Crippen LogP contribution in [-0.2, 0) is 11.2 Å². The van der Waals surface area contributed by atoms with Gasteiger partial charge in [0, 0.05) is 18.7 Å². The molecule has 24 heavy (non-hydrogen) atoms. The number of nitro benzene ring substituents is 1. The van der Waals surface area contributed by atoms with Crippen LogP contribution in [0.15, 0.2) is 12.1 Å². The monoisotopic (exact) mass is 359 g/mol. The maximum absolute atomic E-state index is 11.9. The number of methoxy groups -OCH3 is 2. The molecular weight excluding hydrogens is 338 g/mol. The summed E-state index contributed by atoms with van der Waals surface area (Å²) < 4.78 is 10.3. The van der Waals surface area contributed by atoms with Crippen LogP contribution >= 0.6 is 12.4 Å². The van der Waals surface area contributed by atoms with Crippen molar-refractivity contribution in [1.82, 2.24) is 10.6 Å². The number of halogens is 1.